The van der Waals surface area contributed by atoms with Gasteiger partial charge in [0, 0.05) is 43.1 Å². The highest BCUT2D eigenvalue weighted by Crippen LogP contribution is 2.23. The Bertz CT molecular complexity index is 1110. The first-order valence-electron chi connectivity index (χ1n) is 10.1. The van der Waals surface area contributed by atoms with Crippen molar-refractivity contribution in [1.29, 1.82) is 0 Å². The van der Waals surface area contributed by atoms with E-state index in [9.17, 15) is 23.3 Å². The Morgan fingerprint density at radius 1 is 1.12 bits per heavy atom. The van der Waals surface area contributed by atoms with E-state index in [4.69, 9.17) is 0 Å². The van der Waals surface area contributed by atoms with Crippen molar-refractivity contribution in [3.63, 3.8) is 0 Å². The van der Waals surface area contributed by atoms with Crippen molar-refractivity contribution in [3.8, 4) is 0 Å². The molecule has 170 valence electrons. The lowest BCUT2D eigenvalue weighted by atomic mass is 10.2. The molecule has 0 spiro atoms. The normalized spacial score (nSPS) is 14.0. The maximum atomic E-state index is 13.0. The molecule has 9 nitrogen and oxygen atoms in total. The minimum atomic E-state index is -3.58. The third-order valence-corrected chi connectivity index (χ3v) is 8.16. The van der Waals surface area contributed by atoms with E-state index < -0.39 is 14.9 Å². The Balaban J connectivity index is 1.68. The third kappa shape index (κ3) is 5.17. The molecule has 2 aromatic carbocycles. The van der Waals surface area contributed by atoms with E-state index in [1.807, 2.05) is 0 Å². The molecule has 11 heteroatoms. The number of carbonyl (C=O) groups excluding carboxylic acids is 1. The van der Waals surface area contributed by atoms with Crippen LogP contribution in [0.3, 0.4) is 0 Å². The Morgan fingerprint density at radius 2 is 1.75 bits per heavy atom. The molecule has 1 heterocycles. The van der Waals surface area contributed by atoms with E-state index in [1.165, 1.54) is 52.5 Å². The quantitative estimate of drug-likeness (QED) is 0.426. The fourth-order valence-electron chi connectivity index (χ4n) is 3.24. The van der Waals surface area contributed by atoms with Crippen LogP contribution in [0.1, 0.15) is 29.8 Å². The van der Waals surface area contributed by atoms with Crippen LogP contribution in [0.25, 0.3) is 0 Å². The zero-order chi connectivity index (χ0) is 23.3. The molecule has 0 aromatic heterocycles. The molecule has 1 aliphatic rings. The summed E-state index contributed by atoms with van der Waals surface area (Å²) in [6.45, 7) is 5.24. The second-order valence-corrected chi connectivity index (χ2v) is 9.83. The number of nitro groups is 1. The predicted octanol–water partition coefficient (Wildman–Crippen LogP) is 3.37. The fraction of sp³-hybridized carbons (Fsp3) is 0.333. The summed E-state index contributed by atoms with van der Waals surface area (Å²) >= 11 is 1.38. The van der Waals surface area contributed by atoms with Gasteiger partial charge in [0.15, 0.2) is 5.17 Å². The molecule has 0 unspecified atom stereocenters. The van der Waals surface area contributed by atoms with Gasteiger partial charge in [-0.2, -0.15) is 4.31 Å². The summed E-state index contributed by atoms with van der Waals surface area (Å²) in [5.74, 6) is 0.269. The van der Waals surface area contributed by atoms with Crippen LogP contribution in [0.15, 0.2) is 58.4 Å². The molecule has 2 aromatic rings. The molecular weight excluding hydrogens is 452 g/mol. The molecule has 1 amide bonds. The highest BCUT2D eigenvalue weighted by molar-refractivity contribution is 8.13. The van der Waals surface area contributed by atoms with E-state index in [-0.39, 0.29) is 16.5 Å². The first-order chi connectivity index (χ1) is 15.3. The number of carbonyl (C=O) groups is 1. The molecule has 0 fully saturated rings. The number of amidine groups is 1. The standard InChI is InChI=1S/C21H24N4O5S2/c1-3-23(4-2)32(29,30)19-11-7-17(8-12-19)20(26)24-14-13-22-21(24)31-15-16-5-9-18(10-6-16)25(27)28/h5-12H,3-4,13-15H2,1-2H3. The van der Waals surface area contributed by atoms with Gasteiger partial charge in [-0.05, 0) is 29.8 Å². The Labute approximate surface area is 191 Å². The van der Waals surface area contributed by atoms with Gasteiger partial charge in [-0.3, -0.25) is 24.8 Å². The third-order valence-electron chi connectivity index (χ3n) is 5.01. The van der Waals surface area contributed by atoms with E-state index in [1.54, 1.807) is 30.9 Å². The van der Waals surface area contributed by atoms with Gasteiger partial charge in [0.25, 0.3) is 11.6 Å². The second kappa shape index (κ2) is 10.2. The maximum absolute atomic E-state index is 13.0. The van der Waals surface area contributed by atoms with Crippen LogP contribution in [0, 0.1) is 10.1 Å². The maximum Gasteiger partial charge on any atom is 0.269 e. The molecule has 0 aliphatic carbocycles. The minimum Gasteiger partial charge on any atom is -0.286 e. The van der Waals surface area contributed by atoms with Crippen molar-refractivity contribution in [3.05, 3.63) is 69.8 Å². The SMILES string of the molecule is CCN(CC)S(=O)(=O)c1ccc(C(=O)N2CCN=C2SCc2ccc([N+](=O)[O-])cc2)cc1. The molecule has 32 heavy (non-hydrogen) atoms. The van der Waals surface area contributed by atoms with Gasteiger partial charge >= 0.3 is 0 Å². The molecule has 1 aliphatic heterocycles. The number of sulfonamides is 1. The van der Waals surface area contributed by atoms with Gasteiger partial charge in [0.05, 0.1) is 16.4 Å². The molecule has 0 radical (unpaired) electrons. The van der Waals surface area contributed by atoms with Gasteiger partial charge in [0.2, 0.25) is 10.0 Å². The lowest BCUT2D eigenvalue weighted by Gasteiger charge is -2.20. The molecule has 0 saturated carbocycles. The van der Waals surface area contributed by atoms with Crippen molar-refractivity contribution in [2.24, 2.45) is 4.99 Å². The fourth-order valence-corrected chi connectivity index (χ4v) is 5.70. The monoisotopic (exact) mass is 476 g/mol. The van der Waals surface area contributed by atoms with E-state index in [0.29, 0.717) is 42.7 Å². The number of nitrogens with zero attached hydrogens (tertiary/aromatic N) is 4. The summed E-state index contributed by atoms with van der Waals surface area (Å²) in [6.07, 6.45) is 0. The van der Waals surface area contributed by atoms with E-state index >= 15 is 0 Å². The van der Waals surface area contributed by atoms with Crippen LogP contribution in [-0.4, -0.2) is 59.8 Å². The largest absolute Gasteiger partial charge is 0.286 e. The summed E-state index contributed by atoms with van der Waals surface area (Å²) in [5.41, 5.74) is 1.29. The minimum absolute atomic E-state index is 0.0280. The number of amides is 1. The van der Waals surface area contributed by atoms with E-state index in [2.05, 4.69) is 4.99 Å². The summed E-state index contributed by atoms with van der Waals surface area (Å²) in [4.78, 5) is 29.4. The molecule has 3 rings (SSSR count). The van der Waals surface area contributed by atoms with Gasteiger partial charge < -0.3 is 0 Å². The zero-order valence-corrected chi connectivity index (χ0v) is 19.4. The number of non-ortho nitro benzene ring substituents is 1. The van der Waals surface area contributed by atoms with Gasteiger partial charge in [0.1, 0.15) is 0 Å². The van der Waals surface area contributed by atoms with Crippen molar-refractivity contribution < 1.29 is 18.1 Å². The van der Waals surface area contributed by atoms with Gasteiger partial charge in [-0.15, -0.1) is 0 Å². The Morgan fingerprint density at radius 3 is 2.31 bits per heavy atom. The lowest BCUT2D eigenvalue weighted by molar-refractivity contribution is -0.384. The highest BCUT2D eigenvalue weighted by Gasteiger charge is 2.26. The topological polar surface area (TPSA) is 113 Å². The molecule has 0 bridgehead atoms. The Hall–Kier alpha value is -2.76. The Kier molecular flexibility index (Phi) is 7.64. The number of benzene rings is 2. The molecular formula is C21H24N4O5S2. The predicted molar refractivity (Wildman–Crippen MR) is 124 cm³/mol. The summed E-state index contributed by atoms with van der Waals surface area (Å²) < 4.78 is 26.6. The van der Waals surface area contributed by atoms with Crippen LogP contribution in [0.5, 0.6) is 0 Å². The average Bonchev–Trinajstić information content (AvgIpc) is 3.27. The van der Waals surface area contributed by atoms with Gasteiger partial charge in [-0.25, -0.2) is 8.42 Å². The van der Waals surface area contributed by atoms with E-state index in [0.717, 1.165) is 5.56 Å². The van der Waals surface area contributed by atoms with Crippen molar-refractivity contribution in [2.75, 3.05) is 26.2 Å². The number of aliphatic imine (C=N–C) groups is 1. The smallest absolute Gasteiger partial charge is 0.269 e. The van der Waals surface area contributed by atoms with Crippen LogP contribution in [0.4, 0.5) is 5.69 Å². The van der Waals surface area contributed by atoms with Crippen molar-refractivity contribution in [2.45, 2.75) is 24.5 Å². The van der Waals surface area contributed by atoms with Crippen LogP contribution >= 0.6 is 11.8 Å². The van der Waals surface area contributed by atoms with Gasteiger partial charge in [-0.1, -0.05) is 37.7 Å². The average molecular weight is 477 g/mol. The second-order valence-electron chi connectivity index (χ2n) is 6.95. The molecule has 0 saturated heterocycles. The number of hydrogen-bond donors (Lipinski definition) is 0. The number of hydrogen-bond acceptors (Lipinski definition) is 7. The number of thioether (sulfide) groups is 1. The van der Waals surface area contributed by atoms with Crippen molar-refractivity contribution in [1.82, 2.24) is 9.21 Å². The van der Waals surface area contributed by atoms with Crippen LogP contribution < -0.4 is 0 Å². The number of rotatable bonds is 8. The highest BCUT2D eigenvalue weighted by atomic mass is 32.2. The summed E-state index contributed by atoms with van der Waals surface area (Å²) in [5, 5.41) is 11.4. The molecule has 0 N–H and O–H groups in total. The zero-order valence-electron chi connectivity index (χ0n) is 17.8. The first-order valence-corrected chi connectivity index (χ1v) is 12.5. The summed E-state index contributed by atoms with van der Waals surface area (Å²) in [6, 6.07) is 12.2. The number of nitro benzene ring substituents is 1. The van der Waals surface area contributed by atoms with Crippen LogP contribution in [0.2, 0.25) is 0 Å². The van der Waals surface area contributed by atoms with Crippen LogP contribution in [-0.2, 0) is 15.8 Å². The molecule has 0 atom stereocenters. The summed E-state index contributed by atoms with van der Waals surface area (Å²) in [7, 11) is -3.58. The lowest BCUT2D eigenvalue weighted by Crippen LogP contribution is -2.33. The van der Waals surface area contributed by atoms with Crippen molar-refractivity contribution >= 4 is 38.5 Å². The first kappa shape index (κ1) is 23.9.